The van der Waals surface area contributed by atoms with E-state index in [1.54, 1.807) is 6.92 Å². The molecule has 0 aromatic rings. The Hall–Kier alpha value is -1.14. The van der Waals surface area contributed by atoms with E-state index in [1.165, 1.54) is 0 Å². The largest absolute Gasteiger partial charge is 0.394 e. The quantitative estimate of drug-likeness (QED) is 0.431. The van der Waals surface area contributed by atoms with Gasteiger partial charge in [0.05, 0.1) is 24.6 Å². The van der Waals surface area contributed by atoms with Crippen molar-refractivity contribution in [3.05, 3.63) is 0 Å². The van der Waals surface area contributed by atoms with E-state index in [2.05, 4.69) is 5.32 Å². The van der Waals surface area contributed by atoms with Gasteiger partial charge in [0.25, 0.3) is 0 Å². The predicted molar refractivity (Wildman–Crippen MR) is 55.7 cm³/mol. The van der Waals surface area contributed by atoms with Crippen LogP contribution in [0.3, 0.4) is 0 Å². The van der Waals surface area contributed by atoms with Crippen molar-refractivity contribution in [2.45, 2.75) is 38.3 Å². The van der Waals surface area contributed by atoms with E-state index >= 15 is 0 Å². The van der Waals surface area contributed by atoms with Gasteiger partial charge < -0.3 is 21.9 Å². The SMILES string of the molecule is CCC(C)(CO)NC(=O)C(N)CC(N)=O. The summed E-state index contributed by atoms with van der Waals surface area (Å²) in [6.45, 7) is 3.34. The number of nitrogens with two attached hydrogens (primary N) is 2. The fraction of sp³-hybridized carbons (Fsp3) is 0.778. The zero-order valence-corrected chi connectivity index (χ0v) is 9.12. The van der Waals surface area contributed by atoms with Gasteiger partial charge in [0.15, 0.2) is 0 Å². The zero-order chi connectivity index (χ0) is 12.1. The highest BCUT2D eigenvalue weighted by Crippen LogP contribution is 2.07. The molecule has 0 fully saturated rings. The molecule has 6 heteroatoms. The first-order valence-electron chi connectivity index (χ1n) is 4.81. The Morgan fingerprint density at radius 1 is 1.53 bits per heavy atom. The average molecular weight is 217 g/mol. The van der Waals surface area contributed by atoms with Gasteiger partial charge in [-0.15, -0.1) is 0 Å². The van der Waals surface area contributed by atoms with Gasteiger partial charge in [0.2, 0.25) is 11.8 Å². The monoisotopic (exact) mass is 217 g/mol. The minimum Gasteiger partial charge on any atom is -0.394 e. The van der Waals surface area contributed by atoms with Gasteiger partial charge in [-0.05, 0) is 13.3 Å². The molecule has 0 bridgehead atoms. The van der Waals surface area contributed by atoms with Crippen LogP contribution in [0.4, 0.5) is 0 Å². The Kier molecular flexibility index (Phi) is 5.24. The topological polar surface area (TPSA) is 118 Å². The van der Waals surface area contributed by atoms with Gasteiger partial charge in [-0.2, -0.15) is 0 Å². The maximum atomic E-state index is 11.5. The molecule has 0 saturated carbocycles. The summed E-state index contributed by atoms with van der Waals surface area (Å²) in [7, 11) is 0. The smallest absolute Gasteiger partial charge is 0.237 e. The van der Waals surface area contributed by atoms with Crippen molar-refractivity contribution in [2.24, 2.45) is 11.5 Å². The maximum absolute atomic E-state index is 11.5. The zero-order valence-electron chi connectivity index (χ0n) is 9.12. The van der Waals surface area contributed by atoms with Crippen LogP contribution in [0.1, 0.15) is 26.7 Å². The van der Waals surface area contributed by atoms with Crippen LogP contribution in [0.15, 0.2) is 0 Å². The maximum Gasteiger partial charge on any atom is 0.237 e. The summed E-state index contributed by atoms with van der Waals surface area (Å²) in [6, 6.07) is -0.958. The highest BCUT2D eigenvalue weighted by Gasteiger charge is 2.26. The number of aliphatic hydroxyl groups excluding tert-OH is 1. The first kappa shape index (κ1) is 13.9. The van der Waals surface area contributed by atoms with Gasteiger partial charge in [-0.3, -0.25) is 9.59 Å². The van der Waals surface area contributed by atoms with Gasteiger partial charge in [0.1, 0.15) is 0 Å². The molecule has 0 aliphatic rings. The van der Waals surface area contributed by atoms with Gasteiger partial charge >= 0.3 is 0 Å². The molecular weight excluding hydrogens is 198 g/mol. The molecule has 2 amide bonds. The molecule has 2 atom stereocenters. The third kappa shape index (κ3) is 4.75. The number of hydrogen-bond donors (Lipinski definition) is 4. The molecule has 0 saturated heterocycles. The Morgan fingerprint density at radius 3 is 2.40 bits per heavy atom. The lowest BCUT2D eigenvalue weighted by atomic mass is 9.99. The van der Waals surface area contributed by atoms with Crippen molar-refractivity contribution >= 4 is 11.8 Å². The molecule has 0 aromatic heterocycles. The molecule has 0 radical (unpaired) electrons. The van der Waals surface area contributed by atoms with E-state index in [4.69, 9.17) is 16.6 Å². The van der Waals surface area contributed by atoms with Crippen molar-refractivity contribution in [3.8, 4) is 0 Å². The van der Waals surface area contributed by atoms with Crippen LogP contribution in [0.25, 0.3) is 0 Å². The highest BCUT2D eigenvalue weighted by atomic mass is 16.3. The van der Waals surface area contributed by atoms with E-state index in [0.717, 1.165) is 0 Å². The van der Waals surface area contributed by atoms with Crippen LogP contribution >= 0.6 is 0 Å². The number of nitrogens with one attached hydrogen (secondary N) is 1. The number of amides is 2. The molecule has 88 valence electrons. The van der Waals surface area contributed by atoms with Gasteiger partial charge in [-0.25, -0.2) is 0 Å². The third-order valence-corrected chi connectivity index (χ3v) is 2.31. The van der Waals surface area contributed by atoms with Crippen LogP contribution < -0.4 is 16.8 Å². The fourth-order valence-electron chi connectivity index (χ4n) is 0.939. The van der Waals surface area contributed by atoms with Crippen molar-refractivity contribution in [1.29, 1.82) is 0 Å². The lowest BCUT2D eigenvalue weighted by Gasteiger charge is -2.28. The molecule has 0 heterocycles. The van der Waals surface area contributed by atoms with Crippen molar-refractivity contribution in [3.63, 3.8) is 0 Å². The van der Waals surface area contributed by atoms with E-state index in [1.807, 2.05) is 6.92 Å². The second kappa shape index (κ2) is 5.67. The van der Waals surface area contributed by atoms with E-state index in [9.17, 15) is 9.59 Å². The van der Waals surface area contributed by atoms with Crippen LogP contribution in [0.5, 0.6) is 0 Å². The number of aliphatic hydroxyl groups is 1. The van der Waals surface area contributed by atoms with Crippen LogP contribution in [0.2, 0.25) is 0 Å². The average Bonchev–Trinajstić information content (AvgIpc) is 2.16. The van der Waals surface area contributed by atoms with Crippen LogP contribution in [-0.4, -0.2) is 35.1 Å². The van der Waals surface area contributed by atoms with Crippen LogP contribution in [-0.2, 0) is 9.59 Å². The molecule has 6 nitrogen and oxygen atoms in total. The Balaban J connectivity index is 4.28. The highest BCUT2D eigenvalue weighted by molar-refractivity contribution is 5.87. The van der Waals surface area contributed by atoms with Crippen LogP contribution in [0, 0.1) is 0 Å². The molecule has 0 rings (SSSR count). The summed E-state index contributed by atoms with van der Waals surface area (Å²) in [6.07, 6.45) is 0.371. The number of hydrogen-bond acceptors (Lipinski definition) is 4. The minimum atomic E-state index is -0.958. The predicted octanol–water partition coefficient (Wildman–Crippen LogP) is -1.53. The van der Waals surface area contributed by atoms with Gasteiger partial charge in [0, 0.05) is 0 Å². The van der Waals surface area contributed by atoms with E-state index in [-0.39, 0.29) is 13.0 Å². The number of carbonyl (C=O) groups is 2. The number of carbonyl (C=O) groups excluding carboxylic acids is 2. The standard InChI is InChI=1S/C9H19N3O3/c1-3-9(2,5-13)12-8(15)6(10)4-7(11)14/h6,13H,3-5,10H2,1-2H3,(H2,11,14)(H,12,15). The first-order valence-corrected chi connectivity index (χ1v) is 4.81. The molecule has 0 aliphatic heterocycles. The Labute approximate surface area is 89.0 Å². The Bertz CT molecular complexity index is 239. The fourth-order valence-corrected chi connectivity index (χ4v) is 0.939. The first-order chi connectivity index (χ1) is 6.84. The lowest BCUT2D eigenvalue weighted by molar-refractivity contribution is -0.128. The Morgan fingerprint density at radius 2 is 2.07 bits per heavy atom. The summed E-state index contributed by atoms with van der Waals surface area (Å²) in [5, 5.41) is 11.6. The third-order valence-electron chi connectivity index (χ3n) is 2.31. The lowest BCUT2D eigenvalue weighted by Crippen LogP contribution is -2.54. The van der Waals surface area contributed by atoms with Crippen molar-refractivity contribution < 1.29 is 14.7 Å². The summed E-state index contributed by atoms with van der Waals surface area (Å²) in [5.74, 6) is -1.10. The minimum absolute atomic E-state index is 0.182. The molecular formula is C9H19N3O3. The molecule has 0 spiro atoms. The molecule has 2 unspecified atom stereocenters. The second-order valence-electron chi connectivity index (χ2n) is 3.84. The molecule has 0 aliphatic carbocycles. The summed E-state index contributed by atoms with van der Waals surface area (Å²) in [4.78, 5) is 22.0. The summed E-state index contributed by atoms with van der Waals surface area (Å²) >= 11 is 0. The normalized spacial score (nSPS) is 16.5. The molecule has 15 heavy (non-hydrogen) atoms. The number of primary amides is 1. The van der Waals surface area contributed by atoms with Crippen molar-refractivity contribution in [2.75, 3.05) is 6.61 Å². The van der Waals surface area contributed by atoms with E-state index in [0.29, 0.717) is 6.42 Å². The van der Waals surface area contributed by atoms with Crippen molar-refractivity contribution in [1.82, 2.24) is 5.32 Å². The molecule has 6 N–H and O–H groups in total. The second-order valence-corrected chi connectivity index (χ2v) is 3.84. The van der Waals surface area contributed by atoms with E-state index < -0.39 is 23.4 Å². The summed E-state index contributed by atoms with van der Waals surface area (Å²) in [5.41, 5.74) is 9.65. The molecule has 0 aromatic carbocycles. The number of rotatable bonds is 6. The summed E-state index contributed by atoms with van der Waals surface area (Å²) < 4.78 is 0. The van der Waals surface area contributed by atoms with Gasteiger partial charge in [-0.1, -0.05) is 6.92 Å².